The van der Waals surface area contributed by atoms with Gasteiger partial charge in [-0.3, -0.25) is 0 Å². The van der Waals surface area contributed by atoms with E-state index in [1.807, 2.05) is 82.1 Å². The van der Waals surface area contributed by atoms with Gasteiger partial charge in [0.1, 0.15) is 10.0 Å². The van der Waals surface area contributed by atoms with Gasteiger partial charge in [0.25, 0.3) is 0 Å². The van der Waals surface area contributed by atoms with E-state index in [0.717, 1.165) is 59.5 Å². The van der Waals surface area contributed by atoms with Crippen molar-refractivity contribution < 1.29 is 9.47 Å². The SMILES string of the molecule is Clc1ccc(-c2cn3nc(C(Cc4ccc5c(c4)OCO5)c4nn5cc(-c6ccc(Cl)cc6)nc5s4)sc3n2)cc1. The molecule has 0 N–H and O–H groups in total. The fourth-order valence-corrected chi connectivity index (χ4v) is 7.11. The quantitative estimate of drug-likeness (QED) is 0.191. The number of rotatable bonds is 6. The van der Waals surface area contributed by atoms with Crippen molar-refractivity contribution in [3.05, 3.63) is 105 Å². The third-order valence-corrected chi connectivity index (χ3v) is 9.45. The van der Waals surface area contributed by atoms with Crippen LogP contribution in [0.2, 0.25) is 10.0 Å². The van der Waals surface area contributed by atoms with Crippen molar-refractivity contribution in [2.75, 3.05) is 6.79 Å². The number of hydrogen-bond acceptors (Lipinski definition) is 8. The van der Waals surface area contributed by atoms with E-state index in [9.17, 15) is 0 Å². The van der Waals surface area contributed by atoms with Gasteiger partial charge in [-0.15, -0.1) is 0 Å². The molecule has 41 heavy (non-hydrogen) atoms. The largest absolute Gasteiger partial charge is 0.454 e. The predicted molar refractivity (Wildman–Crippen MR) is 161 cm³/mol. The zero-order chi connectivity index (χ0) is 27.5. The Morgan fingerprint density at radius 1 is 0.707 bits per heavy atom. The highest BCUT2D eigenvalue weighted by Crippen LogP contribution is 2.38. The molecule has 0 saturated carbocycles. The van der Waals surface area contributed by atoms with Crippen LogP contribution in [0.1, 0.15) is 21.5 Å². The molecule has 8 rings (SSSR count). The number of hydrogen-bond donors (Lipinski definition) is 0. The summed E-state index contributed by atoms with van der Waals surface area (Å²) in [4.78, 5) is 11.3. The van der Waals surface area contributed by atoms with Crippen molar-refractivity contribution in [1.82, 2.24) is 29.2 Å². The molecule has 0 spiro atoms. The Hall–Kier alpha value is -3.96. The molecular formula is C29H18Cl2N6O2S2. The monoisotopic (exact) mass is 616 g/mol. The average molecular weight is 618 g/mol. The van der Waals surface area contributed by atoms with E-state index in [0.29, 0.717) is 16.5 Å². The number of ether oxygens (including phenoxy) is 2. The van der Waals surface area contributed by atoms with Crippen LogP contribution in [0.25, 0.3) is 32.4 Å². The number of benzene rings is 3. The molecule has 0 atom stereocenters. The van der Waals surface area contributed by atoms with Crippen LogP contribution in [0.4, 0.5) is 0 Å². The molecule has 202 valence electrons. The first-order valence-corrected chi connectivity index (χ1v) is 15.1. The standard InChI is InChI=1S/C29H18Cl2N6O2S2/c30-19-6-2-17(3-7-19)22-13-36-28(32-22)40-26(34-36)21(11-16-1-10-24-25(12-16)39-15-38-24)27-35-37-14-23(33-29(37)41-27)18-4-8-20(31)9-5-18/h1-10,12-14,21H,11,15H2. The van der Waals surface area contributed by atoms with Crippen LogP contribution in [0, 0.1) is 0 Å². The summed E-state index contributed by atoms with van der Waals surface area (Å²) >= 11 is 15.3. The Bertz CT molecular complexity index is 1860. The number of fused-ring (bicyclic) bond motifs is 3. The maximum atomic E-state index is 6.07. The zero-order valence-electron chi connectivity index (χ0n) is 21.1. The van der Waals surface area contributed by atoms with Gasteiger partial charge in [0.2, 0.25) is 16.7 Å². The van der Waals surface area contributed by atoms with Gasteiger partial charge in [-0.25, -0.2) is 19.0 Å². The van der Waals surface area contributed by atoms with Gasteiger partial charge in [0.05, 0.1) is 29.7 Å². The lowest BCUT2D eigenvalue weighted by molar-refractivity contribution is 0.174. The third-order valence-electron chi connectivity index (χ3n) is 6.87. The molecule has 0 bridgehead atoms. The van der Waals surface area contributed by atoms with Gasteiger partial charge >= 0.3 is 0 Å². The highest BCUT2D eigenvalue weighted by Gasteiger charge is 2.26. The normalized spacial score (nSPS) is 12.8. The minimum atomic E-state index is -0.105. The second kappa shape index (κ2) is 9.85. The molecule has 0 aliphatic carbocycles. The van der Waals surface area contributed by atoms with Crippen molar-refractivity contribution in [3.63, 3.8) is 0 Å². The summed E-state index contributed by atoms with van der Waals surface area (Å²) in [5, 5.41) is 13.2. The van der Waals surface area contributed by atoms with E-state index in [2.05, 4.69) is 6.07 Å². The first-order valence-electron chi connectivity index (χ1n) is 12.7. The molecular weight excluding hydrogens is 599 g/mol. The Labute approximate surface area is 251 Å². The smallest absolute Gasteiger partial charge is 0.231 e. The summed E-state index contributed by atoms with van der Waals surface area (Å²) in [6, 6.07) is 21.3. The molecule has 4 aromatic heterocycles. The van der Waals surface area contributed by atoms with Gasteiger partial charge < -0.3 is 9.47 Å². The van der Waals surface area contributed by atoms with Gasteiger partial charge in [0, 0.05) is 21.2 Å². The summed E-state index contributed by atoms with van der Waals surface area (Å²) in [7, 11) is 0. The lowest BCUT2D eigenvalue weighted by Gasteiger charge is -2.11. The lowest BCUT2D eigenvalue weighted by Crippen LogP contribution is -2.06. The van der Waals surface area contributed by atoms with Crippen molar-refractivity contribution in [1.29, 1.82) is 0 Å². The second-order valence-electron chi connectivity index (χ2n) is 9.55. The number of aromatic nitrogens is 6. The minimum absolute atomic E-state index is 0.105. The third kappa shape index (κ3) is 4.62. The summed E-state index contributed by atoms with van der Waals surface area (Å²) in [6.45, 7) is 0.238. The zero-order valence-corrected chi connectivity index (χ0v) is 24.2. The van der Waals surface area contributed by atoms with E-state index in [1.54, 1.807) is 22.7 Å². The van der Waals surface area contributed by atoms with Crippen molar-refractivity contribution in [2.24, 2.45) is 0 Å². The van der Waals surface area contributed by atoms with Crippen LogP contribution in [0.15, 0.2) is 79.1 Å². The van der Waals surface area contributed by atoms with Crippen LogP contribution >= 0.6 is 45.9 Å². The van der Waals surface area contributed by atoms with Crippen molar-refractivity contribution in [3.8, 4) is 34.0 Å². The molecule has 7 aromatic rings. The highest BCUT2D eigenvalue weighted by atomic mass is 35.5. The van der Waals surface area contributed by atoms with Gasteiger partial charge in [0.15, 0.2) is 11.5 Å². The van der Waals surface area contributed by atoms with E-state index < -0.39 is 0 Å². The van der Waals surface area contributed by atoms with Crippen LogP contribution in [-0.2, 0) is 6.42 Å². The van der Waals surface area contributed by atoms with E-state index in [4.69, 9.17) is 52.8 Å². The van der Waals surface area contributed by atoms with Gasteiger partial charge in [-0.1, -0.05) is 76.2 Å². The molecule has 1 aliphatic heterocycles. The first-order chi connectivity index (χ1) is 20.1. The Morgan fingerprint density at radius 3 is 1.78 bits per heavy atom. The van der Waals surface area contributed by atoms with E-state index in [-0.39, 0.29) is 12.7 Å². The fourth-order valence-electron chi connectivity index (χ4n) is 4.82. The van der Waals surface area contributed by atoms with Crippen molar-refractivity contribution >= 4 is 55.8 Å². The number of halogens is 2. The Kier molecular flexibility index (Phi) is 5.96. The molecule has 5 heterocycles. The summed E-state index contributed by atoms with van der Waals surface area (Å²) in [6.07, 6.45) is 4.57. The predicted octanol–water partition coefficient (Wildman–Crippen LogP) is 7.64. The van der Waals surface area contributed by atoms with Gasteiger partial charge in [-0.2, -0.15) is 10.2 Å². The van der Waals surface area contributed by atoms with Crippen LogP contribution in [-0.4, -0.2) is 36.0 Å². The number of nitrogens with zero attached hydrogens (tertiary/aromatic N) is 6. The maximum absolute atomic E-state index is 6.07. The summed E-state index contributed by atoms with van der Waals surface area (Å²) in [5.74, 6) is 1.41. The lowest BCUT2D eigenvalue weighted by atomic mass is 10.00. The summed E-state index contributed by atoms with van der Waals surface area (Å²) in [5.41, 5.74) is 4.78. The van der Waals surface area contributed by atoms with E-state index >= 15 is 0 Å². The minimum Gasteiger partial charge on any atom is -0.454 e. The topological polar surface area (TPSA) is 78.8 Å². The average Bonchev–Trinajstić information content (AvgIpc) is 3.78. The highest BCUT2D eigenvalue weighted by molar-refractivity contribution is 7.18. The Balaban J connectivity index is 1.17. The van der Waals surface area contributed by atoms with Crippen LogP contribution in [0.5, 0.6) is 11.5 Å². The molecule has 0 saturated heterocycles. The molecule has 0 radical (unpaired) electrons. The summed E-state index contributed by atoms with van der Waals surface area (Å²) < 4.78 is 14.8. The van der Waals surface area contributed by atoms with E-state index in [1.165, 1.54) is 0 Å². The first kappa shape index (κ1) is 24.8. The second-order valence-corrected chi connectivity index (χ2v) is 12.4. The van der Waals surface area contributed by atoms with Gasteiger partial charge in [-0.05, 0) is 48.4 Å². The molecule has 3 aromatic carbocycles. The van der Waals surface area contributed by atoms with Crippen LogP contribution in [0.3, 0.4) is 0 Å². The van der Waals surface area contributed by atoms with Crippen molar-refractivity contribution in [2.45, 2.75) is 12.3 Å². The Morgan fingerprint density at radius 2 is 1.24 bits per heavy atom. The number of imidazole rings is 2. The molecule has 0 unspecified atom stereocenters. The molecule has 12 heteroatoms. The fraction of sp³-hybridized carbons (Fsp3) is 0.103. The molecule has 8 nitrogen and oxygen atoms in total. The molecule has 1 aliphatic rings. The van der Waals surface area contributed by atoms with Crippen LogP contribution < -0.4 is 9.47 Å². The maximum Gasteiger partial charge on any atom is 0.231 e. The molecule has 0 fully saturated rings. The molecule has 0 amide bonds.